The van der Waals surface area contributed by atoms with Crippen LogP contribution >= 0.6 is 0 Å². The smallest absolute Gasteiger partial charge is 0.125 e. The van der Waals surface area contributed by atoms with E-state index in [2.05, 4.69) is 18.3 Å². The molecule has 0 amide bonds. The van der Waals surface area contributed by atoms with Gasteiger partial charge in [-0.2, -0.15) is 0 Å². The highest BCUT2D eigenvalue weighted by Gasteiger charge is 2.27. The first-order valence-electron chi connectivity index (χ1n) is 7.33. The molecule has 1 unspecified atom stereocenters. The largest absolute Gasteiger partial charge is 0.496 e. The third-order valence-corrected chi connectivity index (χ3v) is 4.35. The standard InChI is InChI=1S/C16H23NO2/c1-11-9-14(18-2)16(15-10-17-7-8-19-15)13-6-4-3-5-12(11)13/h9,15,17H,3-8,10H2,1-2H3. The van der Waals surface area contributed by atoms with Crippen molar-refractivity contribution in [3.05, 3.63) is 28.3 Å². The second kappa shape index (κ2) is 5.51. The fraction of sp³-hybridized carbons (Fsp3) is 0.625. The summed E-state index contributed by atoms with van der Waals surface area (Å²) in [6.45, 7) is 4.84. The molecule has 1 aromatic rings. The number of aryl methyl sites for hydroxylation is 1. The van der Waals surface area contributed by atoms with Gasteiger partial charge in [0.2, 0.25) is 0 Å². The van der Waals surface area contributed by atoms with Gasteiger partial charge in [0, 0.05) is 18.7 Å². The van der Waals surface area contributed by atoms with Crippen LogP contribution in [0, 0.1) is 6.92 Å². The van der Waals surface area contributed by atoms with E-state index in [0.717, 1.165) is 25.4 Å². The fourth-order valence-electron chi connectivity index (χ4n) is 3.42. The fourth-order valence-corrected chi connectivity index (χ4v) is 3.42. The number of rotatable bonds is 2. The molecule has 1 N–H and O–H groups in total. The number of fused-ring (bicyclic) bond motifs is 1. The van der Waals surface area contributed by atoms with Crippen molar-refractivity contribution in [1.29, 1.82) is 0 Å². The molecule has 3 nitrogen and oxygen atoms in total. The molecule has 1 fully saturated rings. The summed E-state index contributed by atoms with van der Waals surface area (Å²) in [5.74, 6) is 1.01. The van der Waals surface area contributed by atoms with Gasteiger partial charge in [0.15, 0.2) is 0 Å². The van der Waals surface area contributed by atoms with Crippen molar-refractivity contribution in [1.82, 2.24) is 5.32 Å². The van der Waals surface area contributed by atoms with E-state index in [0.29, 0.717) is 0 Å². The maximum Gasteiger partial charge on any atom is 0.125 e. The molecule has 0 aromatic heterocycles. The molecule has 1 aliphatic heterocycles. The Kier molecular flexibility index (Phi) is 3.76. The number of morpholine rings is 1. The van der Waals surface area contributed by atoms with Crippen LogP contribution in [0.1, 0.15) is 41.2 Å². The number of benzene rings is 1. The van der Waals surface area contributed by atoms with E-state index in [9.17, 15) is 0 Å². The summed E-state index contributed by atoms with van der Waals surface area (Å²) < 4.78 is 11.6. The minimum Gasteiger partial charge on any atom is -0.496 e. The van der Waals surface area contributed by atoms with Crippen LogP contribution < -0.4 is 10.1 Å². The van der Waals surface area contributed by atoms with Gasteiger partial charge in [-0.05, 0) is 55.4 Å². The maximum absolute atomic E-state index is 5.97. The minimum atomic E-state index is 0.149. The lowest BCUT2D eigenvalue weighted by atomic mass is 9.83. The number of ether oxygens (including phenoxy) is 2. The Balaban J connectivity index is 2.09. The van der Waals surface area contributed by atoms with Crippen molar-refractivity contribution in [3.63, 3.8) is 0 Å². The summed E-state index contributed by atoms with van der Waals surface area (Å²) in [7, 11) is 1.77. The molecule has 1 atom stereocenters. The lowest BCUT2D eigenvalue weighted by Gasteiger charge is -2.31. The van der Waals surface area contributed by atoms with Gasteiger partial charge in [-0.3, -0.25) is 0 Å². The van der Waals surface area contributed by atoms with Crippen LogP contribution in [0.4, 0.5) is 0 Å². The molecular weight excluding hydrogens is 238 g/mol. The van der Waals surface area contributed by atoms with E-state index in [-0.39, 0.29) is 6.10 Å². The summed E-state index contributed by atoms with van der Waals surface area (Å²) in [4.78, 5) is 0. The zero-order chi connectivity index (χ0) is 13.2. The summed E-state index contributed by atoms with van der Waals surface area (Å²) in [6, 6.07) is 2.19. The zero-order valence-electron chi connectivity index (χ0n) is 11.9. The van der Waals surface area contributed by atoms with E-state index < -0.39 is 0 Å². The molecule has 104 valence electrons. The molecule has 3 heteroatoms. The molecule has 1 saturated heterocycles. The van der Waals surface area contributed by atoms with Crippen molar-refractivity contribution in [3.8, 4) is 5.75 Å². The molecule has 0 saturated carbocycles. The van der Waals surface area contributed by atoms with Crippen molar-refractivity contribution < 1.29 is 9.47 Å². The van der Waals surface area contributed by atoms with Gasteiger partial charge in [-0.25, -0.2) is 0 Å². The second-order valence-corrected chi connectivity index (χ2v) is 5.54. The number of nitrogens with one attached hydrogen (secondary N) is 1. The van der Waals surface area contributed by atoms with Gasteiger partial charge < -0.3 is 14.8 Å². The van der Waals surface area contributed by atoms with Crippen LogP contribution in [0.25, 0.3) is 0 Å². The van der Waals surface area contributed by atoms with E-state index in [4.69, 9.17) is 9.47 Å². The number of methoxy groups -OCH3 is 1. The van der Waals surface area contributed by atoms with Crippen molar-refractivity contribution in [2.75, 3.05) is 26.8 Å². The maximum atomic E-state index is 5.97. The van der Waals surface area contributed by atoms with Crippen LogP contribution in [0.5, 0.6) is 5.75 Å². The van der Waals surface area contributed by atoms with Gasteiger partial charge in [0.1, 0.15) is 5.75 Å². The van der Waals surface area contributed by atoms with Gasteiger partial charge >= 0.3 is 0 Å². The lowest BCUT2D eigenvalue weighted by Crippen LogP contribution is -2.34. The Morgan fingerprint density at radius 3 is 2.74 bits per heavy atom. The SMILES string of the molecule is COc1cc(C)c2c(c1C1CNCCO1)CCCC2. The molecule has 2 aliphatic rings. The van der Waals surface area contributed by atoms with Gasteiger partial charge in [-0.15, -0.1) is 0 Å². The predicted molar refractivity (Wildman–Crippen MR) is 75.9 cm³/mol. The third-order valence-electron chi connectivity index (χ3n) is 4.35. The summed E-state index contributed by atoms with van der Waals surface area (Å²) in [5, 5.41) is 3.43. The van der Waals surface area contributed by atoms with Crippen LogP contribution in [-0.2, 0) is 17.6 Å². The summed E-state index contributed by atoms with van der Waals surface area (Å²) in [5.41, 5.74) is 5.71. The van der Waals surface area contributed by atoms with Crippen LogP contribution in [0.3, 0.4) is 0 Å². The highest BCUT2D eigenvalue weighted by atomic mass is 16.5. The Morgan fingerprint density at radius 2 is 2.05 bits per heavy atom. The molecule has 1 aromatic carbocycles. The van der Waals surface area contributed by atoms with Crippen LogP contribution in [0.15, 0.2) is 6.07 Å². The molecule has 19 heavy (non-hydrogen) atoms. The predicted octanol–water partition coefficient (Wildman–Crippen LogP) is 2.54. The Labute approximate surface area is 115 Å². The van der Waals surface area contributed by atoms with Gasteiger partial charge in [-0.1, -0.05) is 0 Å². The quantitative estimate of drug-likeness (QED) is 0.887. The summed E-state index contributed by atoms with van der Waals surface area (Å²) >= 11 is 0. The first kappa shape index (κ1) is 12.9. The molecular formula is C16H23NO2. The highest BCUT2D eigenvalue weighted by molar-refractivity contribution is 5.51. The first-order chi connectivity index (χ1) is 9.31. The van der Waals surface area contributed by atoms with Crippen LogP contribution in [0.2, 0.25) is 0 Å². The first-order valence-corrected chi connectivity index (χ1v) is 7.33. The average Bonchev–Trinajstić information content (AvgIpc) is 2.48. The molecule has 1 aliphatic carbocycles. The Hall–Kier alpha value is -1.06. The zero-order valence-corrected chi connectivity index (χ0v) is 11.9. The topological polar surface area (TPSA) is 30.5 Å². The van der Waals surface area contributed by atoms with Crippen LogP contribution in [-0.4, -0.2) is 26.8 Å². The van der Waals surface area contributed by atoms with E-state index in [1.807, 2.05) is 0 Å². The number of hydrogen-bond donors (Lipinski definition) is 1. The monoisotopic (exact) mass is 261 g/mol. The molecule has 3 rings (SSSR count). The third kappa shape index (κ3) is 2.37. The highest BCUT2D eigenvalue weighted by Crippen LogP contribution is 2.38. The van der Waals surface area contributed by atoms with Gasteiger partial charge in [0.25, 0.3) is 0 Å². The Bertz CT molecular complexity index is 464. The molecule has 0 radical (unpaired) electrons. The molecule has 0 bridgehead atoms. The van der Waals surface area contributed by atoms with Crippen molar-refractivity contribution in [2.45, 2.75) is 38.7 Å². The minimum absolute atomic E-state index is 0.149. The van der Waals surface area contributed by atoms with Crippen molar-refractivity contribution >= 4 is 0 Å². The van der Waals surface area contributed by atoms with E-state index in [1.54, 1.807) is 7.11 Å². The summed E-state index contributed by atoms with van der Waals surface area (Å²) in [6.07, 6.45) is 5.12. The second-order valence-electron chi connectivity index (χ2n) is 5.54. The average molecular weight is 261 g/mol. The normalized spacial score (nSPS) is 22.9. The lowest BCUT2D eigenvalue weighted by molar-refractivity contribution is 0.0255. The molecule has 1 heterocycles. The van der Waals surface area contributed by atoms with Gasteiger partial charge in [0.05, 0.1) is 19.8 Å². The van der Waals surface area contributed by atoms with Crippen molar-refractivity contribution in [2.24, 2.45) is 0 Å². The van der Waals surface area contributed by atoms with E-state index in [1.165, 1.54) is 47.9 Å². The number of hydrogen-bond acceptors (Lipinski definition) is 3. The Morgan fingerprint density at radius 1 is 1.26 bits per heavy atom. The van der Waals surface area contributed by atoms with E-state index >= 15 is 0 Å². The molecule has 0 spiro atoms.